The van der Waals surface area contributed by atoms with Crippen LogP contribution in [0, 0.1) is 6.92 Å². The lowest BCUT2D eigenvalue weighted by Gasteiger charge is -2.23. The second-order valence-electron chi connectivity index (χ2n) is 6.88. The molecule has 2 heterocycles. The summed E-state index contributed by atoms with van der Waals surface area (Å²) < 4.78 is 5.44. The van der Waals surface area contributed by atoms with E-state index >= 15 is 0 Å². The first-order chi connectivity index (χ1) is 13.2. The average Bonchev–Trinajstić information content (AvgIpc) is 3.34. The molecule has 0 spiro atoms. The molecule has 1 amide bonds. The van der Waals surface area contributed by atoms with Crippen molar-refractivity contribution in [1.29, 1.82) is 0 Å². The van der Waals surface area contributed by atoms with Crippen molar-refractivity contribution in [3.05, 3.63) is 65.9 Å². The predicted octanol–water partition coefficient (Wildman–Crippen LogP) is 3.91. The zero-order valence-corrected chi connectivity index (χ0v) is 15.3. The Kier molecular flexibility index (Phi) is 4.77. The van der Waals surface area contributed by atoms with Gasteiger partial charge >= 0.3 is 0 Å². The smallest absolute Gasteiger partial charge is 0.254 e. The number of carbonyl (C=O) groups excluding carboxylic acids is 1. The van der Waals surface area contributed by atoms with E-state index in [-0.39, 0.29) is 18.6 Å². The van der Waals surface area contributed by atoms with Crippen molar-refractivity contribution in [2.75, 3.05) is 13.2 Å². The van der Waals surface area contributed by atoms with Gasteiger partial charge in [-0.25, -0.2) is 0 Å². The Hall–Kier alpha value is -2.92. The summed E-state index contributed by atoms with van der Waals surface area (Å²) >= 11 is 0. The highest BCUT2D eigenvalue weighted by atomic mass is 16.5. The lowest BCUT2D eigenvalue weighted by Crippen LogP contribution is -2.37. The molecule has 0 unspecified atom stereocenters. The Balaban J connectivity index is 1.63. The van der Waals surface area contributed by atoms with Crippen LogP contribution in [-0.4, -0.2) is 40.3 Å². The largest absolute Gasteiger partial charge is 0.394 e. The molecule has 0 saturated carbocycles. The van der Waals surface area contributed by atoms with Crippen LogP contribution in [0.5, 0.6) is 0 Å². The molecule has 3 aromatic rings. The van der Waals surface area contributed by atoms with Gasteiger partial charge in [-0.3, -0.25) is 4.79 Å². The molecule has 0 radical (unpaired) electrons. The normalized spacial score (nSPS) is 16.7. The Bertz CT molecular complexity index is 932. The van der Waals surface area contributed by atoms with Crippen LogP contribution in [0.4, 0.5) is 0 Å². The Labute approximate surface area is 158 Å². The van der Waals surface area contributed by atoms with Crippen molar-refractivity contribution in [3.63, 3.8) is 0 Å². The van der Waals surface area contributed by atoms with Gasteiger partial charge in [0.15, 0.2) is 0 Å². The summed E-state index contributed by atoms with van der Waals surface area (Å²) in [5, 5.41) is 13.7. The summed E-state index contributed by atoms with van der Waals surface area (Å²) in [7, 11) is 0. The highest BCUT2D eigenvalue weighted by Crippen LogP contribution is 2.34. The molecule has 4 rings (SSSR count). The van der Waals surface area contributed by atoms with E-state index < -0.39 is 0 Å². The van der Waals surface area contributed by atoms with Crippen LogP contribution >= 0.6 is 0 Å². The number of amides is 1. The van der Waals surface area contributed by atoms with Crippen molar-refractivity contribution in [1.82, 2.24) is 10.1 Å². The highest BCUT2D eigenvalue weighted by molar-refractivity contribution is 5.95. The van der Waals surface area contributed by atoms with Crippen molar-refractivity contribution in [3.8, 4) is 22.4 Å². The first kappa shape index (κ1) is 17.5. The van der Waals surface area contributed by atoms with Crippen molar-refractivity contribution < 1.29 is 14.4 Å². The summed E-state index contributed by atoms with van der Waals surface area (Å²) in [6.45, 7) is 2.62. The van der Waals surface area contributed by atoms with E-state index in [4.69, 9.17) is 4.52 Å². The summed E-state index contributed by atoms with van der Waals surface area (Å²) in [5.74, 6) is 0.733. The number of aliphatic hydroxyl groups excluding tert-OH is 1. The van der Waals surface area contributed by atoms with Gasteiger partial charge in [0.05, 0.1) is 18.2 Å². The van der Waals surface area contributed by atoms with E-state index in [2.05, 4.69) is 5.16 Å². The summed E-state index contributed by atoms with van der Waals surface area (Å²) in [5.41, 5.74) is 4.32. The van der Waals surface area contributed by atoms with Crippen molar-refractivity contribution >= 4 is 5.91 Å². The number of aryl methyl sites for hydroxylation is 1. The molecule has 0 aliphatic carbocycles. The number of nitrogens with zero attached hydrogens (tertiary/aromatic N) is 2. The van der Waals surface area contributed by atoms with Gasteiger partial charge < -0.3 is 14.5 Å². The number of aromatic nitrogens is 1. The molecular formula is C22H22N2O3. The molecule has 138 valence electrons. The van der Waals surface area contributed by atoms with E-state index in [0.717, 1.165) is 41.0 Å². The maximum absolute atomic E-state index is 12.7. The molecule has 1 aliphatic rings. The van der Waals surface area contributed by atoms with E-state index in [1.54, 1.807) is 4.90 Å². The molecule has 1 saturated heterocycles. The number of hydrogen-bond acceptors (Lipinski definition) is 4. The topological polar surface area (TPSA) is 66.6 Å². The van der Waals surface area contributed by atoms with Crippen LogP contribution < -0.4 is 0 Å². The molecule has 0 bridgehead atoms. The monoisotopic (exact) mass is 362 g/mol. The molecule has 2 aromatic carbocycles. The number of hydrogen-bond donors (Lipinski definition) is 1. The Morgan fingerprint density at radius 1 is 1.15 bits per heavy atom. The molecule has 1 aliphatic heterocycles. The van der Waals surface area contributed by atoms with Gasteiger partial charge in [0.25, 0.3) is 5.91 Å². The maximum atomic E-state index is 12.7. The van der Waals surface area contributed by atoms with Crippen LogP contribution in [0.1, 0.15) is 29.0 Å². The minimum absolute atomic E-state index is 0.0163. The first-order valence-corrected chi connectivity index (χ1v) is 9.23. The van der Waals surface area contributed by atoms with Gasteiger partial charge in [-0.15, -0.1) is 0 Å². The zero-order chi connectivity index (χ0) is 18.8. The fourth-order valence-electron chi connectivity index (χ4n) is 3.74. The maximum Gasteiger partial charge on any atom is 0.254 e. The number of rotatable bonds is 4. The third kappa shape index (κ3) is 3.26. The molecule has 5 nitrogen and oxygen atoms in total. The minimum Gasteiger partial charge on any atom is -0.394 e. The number of carbonyl (C=O) groups is 1. The van der Waals surface area contributed by atoms with Crippen LogP contribution in [0.25, 0.3) is 22.4 Å². The van der Waals surface area contributed by atoms with E-state index in [1.807, 2.05) is 61.5 Å². The number of likely N-dealkylation sites (tertiary alicyclic amines) is 1. The van der Waals surface area contributed by atoms with Crippen LogP contribution in [0.3, 0.4) is 0 Å². The number of aliphatic hydroxyl groups is 1. The Morgan fingerprint density at radius 3 is 2.59 bits per heavy atom. The van der Waals surface area contributed by atoms with Gasteiger partial charge in [-0.1, -0.05) is 47.6 Å². The van der Waals surface area contributed by atoms with Gasteiger partial charge in [0.2, 0.25) is 0 Å². The SMILES string of the molecule is Cc1onc(-c2ccc(C(=O)N3CCC[C@H]3CO)cc2)c1-c1ccccc1. The van der Waals surface area contributed by atoms with Gasteiger partial charge in [-0.05, 0) is 37.5 Å². The lowest BCUT2D eigenvalue weighted by molar-refractivity contribution is 0.0677. The summed E-state index contributed by atoms with van der Waals surface area (Å²) in [6.07, 6.45) is 1.80. The van der Waals surface area contributed by atoms with Crippen molar-refractivity contribution in [2.24, 2.45) is 0 Å². The summed E-state index contributed by atoms with van der Waals surface area (Å²) in [4.78, 5) is 14.5. The molecule has 1 N–H and O–H groups in total. The van der Waals surface area contributed by atoms with E-state index in [9.17, 15) is 9.90 Å². The fourth-order valence-corrected chi connectivity index (χ4v) is 3.74. The van der Waals surface area contributed by atoms with E-state index in [1.165, 1.54) is 0 Å². The van der Waals surface area contributed by atoms with Crippen LogP contribution in [-0.2, 0) is 0 Å². The zero-order valence-electron chi connectivity index (χ0n) is 15.3. The van der Waals surface area contributed by atoms with Crippen LogP contribution in [0.2, 0.25) is 0 Å². The van der Waals surface area contributed by atoms with Crippen molar-refractivity contribution in [2.45, 2.75) is 25.8 Å². The standard InChI is InChI=1S/C22H22N2O3/c1-15-20(16-6-3-2-4-7-16)21(23-27-15)17-9-11-18(12-10-17)22(26)24-13-5-8-19(24)14-25/h2-4,6-7,9-12,19,25H,5,8,13-14H2,1H3/t19-/m0/s1. The molecular weight excluding hydrogens is 340 g/mol. The predicted molar refractivity (Wildman–Crippen MR) is 103 cm³/mol. The second kappa shape index (κ2) is 7.37. The molecule has 1 aromatic heterocycles. The Morgan fingerprint density at radius 2 is 1.89 bits per heavy atom. The highest BCUT2D eigenvalue weighted by Gasteiger charge is 2.28. The number of benzene rings is 2. The second-order valence-corrected chi connectivity index (χ2v) is 6.88. The molecule has 27 heavy (non-hydrogen) atoms. The minimum atomic E-state index is -0.0694. The molecule has 5 heteroatoms. The van der Waals surface area contributed by atoms with Crippen LogP contribution in [0.15, 0.2) is 59.1 Å². The average molecular weight is 362 g/mol. The van der Waals surface area contributed by atoms with Gasteiger partial charge in [0.1, 0.15) is 11.5 Å². The third-order valence-electron chi connectivity index (χ3n) is 5.18. The summed E-state index contributed by atoms with van der Waals surface area (Å²) in [6, 6.07) is 17.4. The first-order valence-electron chi connectivity index (χ1n) is 9.23. The lowest BCUT2D eigenvalue weighted by atomic mass is 9.99. The fraction of sp³-hybridized carbons (Fsp3) is 0.273. The van der Waals surface area contributed by atoms with Gasteiger partial charge in [-0.2, -0.15) is 0 Å². The third-order valence-corrected chi connectivity index (χ3v) is 5.18. The van der Waals surface area contributed by atoms with E-state index in [0.29, 0.717) is 12.1 Å². The molecule has 1 atom stereocenters. The molecule has 1 fully saturated rings. The van der Waals surface area contributed by atoms with Gasteiger partial charge in [0, 0.05) is 17.7 Å². The quantitative estimate of drug-likeness (QED) is 0.764.